The molecule has 0 aliphatic rings. The summed E-state index contributed by atoms with van der Waals surface area (Å²) in [6.07, 6.45) is 1.80. The number of hydrogen-bond donors (Lipinski definition) is 11. The molecule has 0 aromatic rings. The van der Waals surface area contributed by atoms with Crippen LogP contribution in [0.2, 0.25) is 0 Å². The summed E-state index contributed by atoms with van der Waals surface area (Å²) in [6, 6.07) is -7.35. The first-order valence-electron chi connectivity index (χ1n) is 15.7. The first kappa shape index (κ1) is 43.1. The third-order valence-electron chi connectivity index (χ3n) is 7.24. The molecule has 0 radical (unpaired) electrons. The first-order valence-corrected chi connectivity index (χ1v) is 15.7. The van der Waals surface area contributed by atoms with Crippen molar-refractivity contribution < 1.29 is 48.9 Å². The Labute approximate surface area is 274 Å². The van der Waals surface area contributed by atoms with Crippen molar-refractivity contribution in [2.75, 3.05) is 26.3 Å². The van der Waals surface area contributed by atoms with E-state index >= 15 is 0 Å². The van der Waals surface area contributed by atoms with Crippen molar-refractivity contribution in [2.24, 2.45) is 23.3 Å². The molecule has 0 heterocycles. The van der Waals surface area contributed by atoms with E-state index in [9.17, 15) is 43.8 Å². The van der Waals surface area contributed by atoms with Crippen LogP contribution < -0.4 is 43.4 Å². The number of aliphatic hydroxyl groups is 2. The Bertz CT molecular complexity index is 1060. The van der Waals surface area contributed by atoms with E-state index in [0.717, 1.165) is 0 Å². The summed E-state index contributed by atoms with van der Waals surface area (Å²) in [7, 11) is 0. The van der Waals surface area contributed by atoms with Gasteiger partial charge in [-0.05, 0) is 51.0 Å². The minimum atomic E-state index is -1.51. The number of carbonyl (C=O) groups excluding carboxylic acids is 6. The predicted octanol–water partition coefficient (Wildman–Crippen LogP) is -3.84. The van der Waals surface area contributed by atoms with E-state index in [0.29, 0.717) is 25.8 Å². The highest BCUT2D eigenvalue weighted by Crippen LogP contribution is 2.09. The number of unbranched alkanes of at least 4 members (excludes halogenated alkanes) is 1. The number of amides is 6. The summed E-state index contributed by atoms with van der Waals surface area (Å²) < 4.78 is 0. The van der Waals surface area contributed by atoms with E-state index in [4.69, 9.17) is 16.6 Å². The van der Waals surface area contributed by atoms with Gasteiger partial charge in [0.2, 0.25) is 35.4 Å². The Balaban J connectivity index is 5.36. The van der Waals surface area contributed by atoms with E-state index in [1.807, 2.05) is 0 Å². The van der Waals surface area contributed by atoms with Gasteiger partial charge < -0.3 is 58.7 Å². The molecule has 0 bridgehead atoms. The van der Waals surface area contributed by atoms with Gasteiger partial charge in [0.1, 0.15) is 36.3 Å². The molecule has 0 aliphatic carbocycles. The van der Waals surface area contributed by atoms with Crippen LogP contribution in [0.25, 0.3) is 0 Å². The summed E-state index contributed by atoms with van der Waals surface area (Å²) >= 11 is 0. The quantitative estimate of drug-likeness (QED) is 0.0465. The zero-order valence-corrected chi connectivity index (χ0v) is 27.8. The minimum absolute atomic E-state index is 0.114. The van der Waals surface area contributed by atoms with Crippen LogP contribution in [0.4, 0.5) is 0 Å². The highest BCUT2D eigenvalue weighted by atomic mass is 16.4. The Morgan fingerprint density at radius 1 is 0.702 bits per heavy atom. The maximum atomic E-state index is 13.1. The molecule has 0 rings (SSSR count). The van der Waals surface area contributed by atoms with Gasteiger partial charge >= 0.3 is 5.97 Å². The Hall–Kier alpha value is -3.87. The van der Waals surface area contributed by atoms with Gasteiger partial charge in [0, 0.05) is 0 Å². The summed E-state index contributed by atoms with van der Waals surface area (Å²) in [5.74, 6) is -6.45. The molecular formula is C29H54N8O10. The molecule has 0 aromatic heterocycles. The first-order chi connectivity index (χ1) is 22.0. The molecule has 0 fully saturated rings. The van der Waals surface area contributed by atoms with Crippen LogP contribution in [0, 0.1) is 11.8 Å². The third kappa shape index (κ3) is 16.5. The Morgan fingerprint density at radius 2 is 1.30 bits per heavy atom. The standard InChI is InChI=1S/C29H54N8O10/c1-6-16(4)23(37-25(42)18(31)13-38)28(45)32-12-22(40)34-21(14-39)27(44)36-20(11-15(2)3)26(43)33-17(5)24(41)35-19(29(46)47)9-7-8-10-30/h15-21,23,38-39H,6-14,30-31H2,1-5H3,(H,32,45)(H,33,43)(H,34,40)(H,35,41)(H,36,44)(H,37,42)(H,46,47)/t16-,17-,18+,19+,20+,21-,23+/m0/s1. The Morgan fingerprint density at radius 3 is 1.81 bits per heavy atom. The molecule has 6 amide bonds. The Kier molecular flexibility index (Phi) is 20.8. The average Bonchev–Trinajstić information content (AvgIpc) is 3.02. The second-order valence-electron chi connectivity index (χ2n) is 11.8. The highest BCUT2D eigenvalue weighted by Gasteiger charge is 2.31. The number of nitrogens with one attached hydrogen (secondary N) is 6. The molecule has 0 aromatic carbocycles. The van der Waals surface area contributed by atoms with Crippen LogP contribution in [0.3, 0.4) is 0 Å². The van der Waals surface area contributed by atoms with Gasteiger partial charge in [-0.25, -0.2) is 4.79 Å². The fourth-order valence-electron chi connectivity index (χ4n) is 4.16. The number of carboxylic acid groups (broad SMARTS) is 1. The molecular weight excluding hydrogens is 620 g/mol. The molecule has 18 nitrogen and oxygen atoms in total. The average molecular weight is 675 g/mol. The third-order valence-corrected chi connectivity index (χ3v) is 7.24. The van der Waals surface area contributed by atoms with Crippen LogP contribution in [0.15, 0.2) is 0 Å². The van der Waals surface area contributed by atoms with Gasteiger partial charge in [-0.15, -0.1) is 0 Å². The summed E-state index contributed by atoms with van der Waals surface area (Å²) in [5.41, 5.74) is 10.9. The maximum absolute atomic E-state index is 13.1. The number of aliphatic carboxylic acids is 1. The zero-order chi connectivity index (χ0) is 36.3. The number of aliphatic hydroxyl groups excluding tert-OH is 2. The van der Waals surface area contributed by atoms with Crippen LogP contribution >= 0.6 is 0 Å². The van der Waals surface area contributed by atoms with E-state index in [1.54, 1.807) is 27.7 Å². The molecule has 0 saturated carbocycles. The molecule has 13 N–H and O–H groups in total. The van der Waals surface area contributed by atoms with E-state index in [1.165, 1.54) is 6.92 Å². The van der Waals surface area contributed by atoms with Gasteiger partial charge in [-0.2, -0.15) is 0 Å². The lowest BCUT2D eigenvalue weighted by atomic mass is 9.98. The normalized spacial score (nSPS) is 15.5. The van der Waals surface area contributed by atoms with E-state index in [-0.39, 0.29) is 24.7 Å². The lowest BCUT2D eigenvalue weighted by Crippen LogP contribution is -2.59. The molecule has 0 spiro atoms. The van der Waals surface area contributed by atoms with Gasteiger partial charge in [0.05, 0.1) is 19.8 Å². The van der Waals surface area contributed by atoms with Crippen LogP contribution in [0.1, 0.15) is 66.7 Å². The molecule has 47 heavy (non-hydrogen) atoms. The SMILES string of the molecule is CC[C@H](C)[C@@H](NC(=O)[C@H](N)CO)C(=O)NCC(=O)N[C@@H](CO)C(=O)N[C@H](CC(C)C)C(=O)N[C@@H](C)C(=O)N[C@H](CCCCN)C(=O)O. The summed E-state index contributed by atoms with van der Waals surface area (Å²) in [6.45, 7) is 6.64. The van der Waals surface area contributed by atoms with Crippen LogP contribution in [-0.4, -0.2) is 119 Å². The van der Waals surface area contributed by atoms with Gasteiger partial charge in [-0.3, -0.25) is 28.8 Å². The lowest BCUT2D eigenvalue weighted by molar-refractivity contribution is -0.142. The molecule has 0 aliphatic heterocycles. The fraction of sp³-hybridized carbons (Fsp3) is 0.759. The summed E-state index contributed by atoms with van der Waals surface area (Å²) in [5, 5.41) is 42.6. The second-order valence-corrected chi connectivity index (χ2v) is 11.8. The fourth-order valence-corrected chi connectivity index (χ4v) is 4.16. The van der Waals surface area contributed by atoms with Crippen molar-refractivity contribution in [3.8, 4) is 0 Å². The monoisotopic (exact) mass is 674 g/mol. The van der Waals surface area contributed by atoms with Crippen molar-refractivity contribution in [2.45, 2.75) is 103 Å². The smallest absolute Gasteiger partial charge is 0.326 e. The van der Waals surface area contributed by atoms with Crippen molar-refractivity contribution in [1.82, 2.24) is 31.9 Å². The number of nitrogens with two attached hydrogens (primary N) is 2. The summed E-state index contributed by atoms with van der Waals surface area (Å²) in [4.78, 5) is 87.6. The van der Waals surface area contributed by atoms with Crippen molar-refractivity contribution in [3.63, 3.8) is 0 Å². The molecule has 0 unspecified atom stereocenters. The van der Waals surface area contributed by atoms with Crippen LogP contribution in [0.5, 0.6) is 0 Å². The maximum Gasteiger partial charge on any atom is 0.326 e. The topological polar surface area (TPSA) is 304 Å². The van der Waals surface area contributed by atoms with Crippen molar-refractivity contribution >= 4 is 41.4 Å². The highest BCUT2D eigenvalue weighted by molar-refractivity contribution is 5.96. The van der Waals surface area contributed by atoms with E-state index < -0.39 is 97.4 Å². The number of rotatable bonds is 23. The van der Waals surface area contributed by atoms with Crippen LogP contribution in [-0.2, 0) is 33.6 Å². The van der Waals surface area contributed by atoms with E-state index in [2.05, 4.69) is 31.9 Å². The van der Waals surface area contributed by atoms with Gasteiger partial charge in [0.25, 0.3) is 0 Å². The van der Waals surface area contributed by atoms with Crippen molar-refractivity contribution in [3.05, 3.63) is 0 Å². The predicted molar refractivity (Wildman–Crippen MR) is 170 cm³/mol. The minimum Gasteiger partial charge on any atom is -0.480 e. The zero-order valence-electron chi connectivity index (χ0n) is 27.8. The molecule has 0 saturated heterocycles. The second kappa shape index (κ2) is 22.6. The number of hydrogen-bond acceptors (Lipinski definition) is 11. The van der Waals surface area contributed by atoms with Crippen molar-refractivity contribution in [1.29, 1.82) is 0 Å². The number of carboxylic acids is 1. The number of carbonyl (C=O) groups is 7. The largest absolute Gasteiger partial charge is 0.480 e. The molecule has 18 heteroatoms. The van der Waals surface area contributed by atoms with Gasteiger partial charge in [-0.1, -0.05) is 34.1 Å². The van der Waals surface area contributed by atoms with Gasteiger partial charge in [0.15, 0.2) is 0 Å². The lowest BCUT2D eigenvalue weighted by Gasteiger charge is -2.26. The molecule has 7 atom stereocenters. The molecule has 270 valence electrons.